The third-order valence-electron chi connectivity index (χ3n) is 3.08. The van der Waals surface area contributed by atoms with Crippen molar-refractivity contribution < 1.29 is 0 Å². The highest BCUT2D eigenvalue weighted by atomic mass is 79.9. The standard InChI is InChI=1S/C15H14BrN3/c1-11-5-7-12(8-6-11)17-10-14-18-15(16)13-4-2-3-9-19(13)14/h2-9,17H,10H2,1H3. The number of nitrogens with one attached hydrogen (secondary N) is 1. The Hall–Kier alpha value is -1.81. The van der Waals surface area contributed by atoms with Crippen LogP contribution in [0.25, 0.3) is 5.52 Å². The average molecular weight is 316 g/mol. The van der Waals surface area contributed by atoms with Crippen molar-refractivity contribution in [2.24, 2.45) is 0 Å². The summed E-state index contributed by atoms with van der Waals surface area (Å²) in [6, 6.07) is 14.4. The van der Waals surface area contributed by atoms with Crippen LogP contribution in [0.2, 0.25) is 0 Å². The minimum absolute atomic E-state index is 0.694. The van der Waals surface area contributed by atoms with Crippen LogP contribution in [0, 0.1) is 6.92 Å². The normalized spacial score (nSPS) is 10.8. The van der Waals surface area contributed by atoms with Gasteiger partial charge in [-0.1, -0.05) is 23.8 Å². The summed E-state index contributed by atoms with van der Waals surface area (Å²) in [5, 5.41) is 3.39. The monoisotopic (exact) mass is 315 g/mol. The van der Waals surface area contributed by atoms with Crippen molar-refractivity contribution in [2.75, 3.05) is 5.32 Å². The lowest BCUT2D eigenvalue weighted by atomic mass is 10.2. The van der Waals surface area contributed by atoms with Crippen molar-refractivity contribution >= 4 is 27.1 Å². The second-order valence-corrected chi connectivity index (χ2v) is 5.25. The summed E-state index contributed by atoms with van der Waals surface area (Å²) < 4.78 is 2.97. The van der Waals surface area contributed by atoms with Gasteiger partial charge in [-0.3, -0.25) is 0 Å². The van der Waals surface area contributed by atoms with E-state index >= 15 is 0 Å². The Kier molecular flexibility index (Phi) is 3.25. The number of fused-ring (bicyclic) bond motifs is 1. The molecule has 4 heteroatoms. The summed E-state index contributed by atoms with van der Waals surface area (Å²) in [4.78, 5) is 4.54. The van der Waals surface area contributed by atoms with E-state index in [1.54, 1.807) is 0 Å². The molecule has 0 fully saturated rings. The molecule has 0 amide bonds. The van der Waals surface area contributed by atoms with Gasteiger partial charge in [-0.15, -0.1) is 0 Å². The van der Waals surface area contributed by atoms with E-state index in [1.807, 2.05) is 24.4 Å². The van der Waals surface area contributed by atoms with Crippen molar-refractivity contribution in [1.29, 1.82) is 0 Å². The summed E-state index contributed by atoms with van der Waals surface area (Å²) in [6.07, 6.45) is 2.03. The van der Waals surface area contributed by atoms with E-state index in [0.717, 1.165) is 21.6 Å². The zero-order valence-electron chi connectivity index (χ0n) is 10.6. The van der Waals surface area contributed by atoms with Gasteiger partial charge in [0.1, 0.15) is 10.4 Å². The summed E-state index contributed by atoms with van der Waals surface area (Å²) in [5.74, 6) is 0.989. The SMILES string of the molecule is Cc1ccc(NCc2nc(Br)c3ccccn23)cc1. The number of pyridine rings is 1. The van der Waals surface area contributed by atoms with Gasteiger partial charge in [0, 0.05) is 11.9 Å². The van der Waals surface area contributed by atoms with Crippen molar-refractivity contribution in [3.05, 3.63) is 64.7 Å². The van der Waals surface area contributed by atoms with Crippen molar-refractivity contribution in [2.45, 2.75) is 13.5 Å². The zero-order chi connectivity index (χ0) is 13.2. The number of hydrogen-bond donors (Lipinski definition) is 1. The smallest absolute Gasteiger partial charge is 0.134 e. The molecular weight excluding hydrogens is 302 g/mol. The number of rotatable bonds is 3. The number of benzene rings is 1. The number of nitrogens with zero attached hydrogens (tertiary/aromatic N) is 2. The van der Waals surface area contributed by atoms with Gasteiger partial charge in [0.05, 0.1) is 12.1 Å². The predicted molar refractivity (Wildman–Crippen MR) is 81.4 cm³/mol. The molecular formula is C15H14BrN3. The summed E-state index contributed by atoms with van der Waals surface area (Å²) in [7, 11) is 0. The Bertz CT molecular complexity index is 701. The molecule has 0 unspecified atom stereocenters. The van der Waals surface area contributed by atoms with Gasteiger partial charge in [-0.25, -0.2) is 4.98 Å². The molecule has 0 aliphatic carbocycles. The molecule has 2 heterocycles. The first-order valence-electron chi connectivity index (χ1n) is 6.16. The van der Waals surface area contributed by atoms with Gasteiger partial charge < -0.3 is 9.72 Å². The molecule has 0 bridgehead atoms. The highest BCUT2D eigenvalue weighted by Gasteiger charge is 2.07. The fourth-order valence-electron chi connectivity index (χ4n) is 2.04. The highest BCUT2D eigenvalue weighted by molar-refractivity contribution is 9.10. The van der Waals surface area contributed by atoms with E-state index in [0.29, 0.717) is 6.54 Å². The van der Waals surface area contributed by atoms with E-state index in [4.69, 9.17) is 0 Å². The molecule has 0 saturated carbocycles. The van der Waals surface area contributed by atoms with Gasteiger partial charge in [0.25, 0.3) is 0 Å². The van der Waals surface area contributed by atoms with Crippen molar-refractivity contribution in [3.63, 3.8) is 0 Å². The van der Waals surface area contributed by atoms with E-state index < -0.39 is 0 Å². The van der Waals surface area contributed by atoms with Crippen LogP contribution in [0.15, 0.2) is 53.3 Å². The molecule has 0 saturated heterocycles. The van der Waals surface area contributed by atoms with Crippen LogP contribution in [-0.2, 0) is 6.54 Å². The fourth-order valence-corrected chi connectivity index (χ4v) is 2.57. The van der Waals surface area contributed by atoms with Crippen LogP contribution in [0.3, 0.4) is 0 Å². The molecule has 96 valence electrons. The number of halogens is 1. The van der Waals surface area contributed by atoms with Crippen LogP contribution in [0.1, 0.15) is 11.4 Å². The molecule has 0 radical (unpaired) electrons. The lowest BCUT2D eigenvalue weighted by molar-refractivity contribution is 0.940. The molecule has 1 N–H and O–H groups in total. The minimum Gasteiger partial charge on any atom is -0.378 e. The highest BCUT2D eigenvalue weighted by Crippen LogP contribution is 2.19. The Morgan fingerprint density at radius 2 is 1.95 bits per heavy atom. The maximum atomic E-state index is 4.54. The van der Waals surface area contributed by atoms with Crippen LogP contribution in [-0.4, -0.2) is 9.38 Å². The van der Waals surface area contributed by atoms with Crippen LogP contribution in [0.4, 0.5) is 5.69 Å². The summed E-state index contributed by atoms with van der Waals surface area (Å²) in [6.45, 7) is 2.78. The topological polar surface area (TPSA) is 29.3 Å². The molecule has 1 aromatic carbocycles. The summed E-state index contributed by atoms with van der Waals surface area (Å²) in [5.41, 5.74) is 3.46. The summed E-state index contributed by atoms with van der Waals surface area (Å²) >= 11 is 3.49. The maximum Gasteiger partial charge on any atom is 0.134 e. The number of anilines is 1. The Morgan fingerprint density at radius 3 is 2.74 bits per heavy atom. The predicted octanol–water partition coefficient (Wildman–Crippen LogP) is 4.02. The largest absolute Gasteiger partial charge is 0.378 e. The van der Waals surface area contributed by atoms with Gasteiger partial charge in [-0.2, -0.15) is 0 Å². The first-order chi connectivity index (χ1) is 9.24. The fraction of sp³-hybridized carbons (Fsp3) is 0.133. The average Bonchev–Trinajstić information content (AvgIpc) is 2.76. The van der Waals surface area contributed by atoms with Crippen molar-refractivity contribution in [1.82, 2.24) is 9.38 Å². The number of imidazole rings is 1. The van der Waals surface area contributed by atoms with Crippen LogP contribution < -0.4 is 5.32 Å². The molecule has 3 rings (SSSR count). The van der Waals surface area contributed by atoms with Gasteiger partial charge >= 0.3 is 0 Å². The van der Waals surface area contributed by atoms with E-state index in [2.05, 4.69) is 61.8 Å². The molecule has 0 aliphatic rings. The number of hydrogen-bond acceptors (Lipinski definition) is 2. The molecule has 2 aromatic heterocycles. The molecule has 0 atom stereocenters. The Morgan fingerprint density at radius 1 is 1.16 bits per heavy atom. The second-order valence-electron chi connectivity index (χ2n) is 4.49. The van der Waals surface area contributed by atoms with Crippen LogP contribution >= 0.6 is 15.9 Å². The Labute approximate surface area is 120 Å². The first-order valence-corrected chi connectivity index (χ1v) is 6.95. The van der Waals surface area contributed by atoms with Crippen LogP contribution in [0.5, 0.6) is 0 Å². The third kappa shape index (κ3) is 2.49. The maximum absolute atomic E-state index is 4.54. The molecule has 3 nitrogen and oxygen atoms in total. The molecule has 3 aromatic rings. The van der Waals surface area contributed by atoms with Gasteiger partial charge in [-0.05, 0) is 47.1 Å². The molecule has 0 aliphatic heterocycles. The first kappa shape index (κ1) is 12.2. The van der Waals surface area contributed by atoms with Crippen molar-refractivity contribution in [3.8, 4) is 0 Å². The van der Waals surface area contributed by atoms with E-state index in [1.165, 1.54) is 5.56 Å². The zero-order valence-corrected chi connectivity index (χ0v) is 12.2. The minimum atomic E-state index is 0.694. The Balaban J connectivity index is 1.84. The molecule has 0 spiro atoms. The lowest BCUT2D eigenvalue weighted by Crippen LogP contribution is -2.03. The number of aryl methyl sites for hydroxylation is 1. The second kappa shape index (κ2) is 5.05. The third-order valence-corrected chi connectivity index (χ3v) is 3.66. The van der Waals surface area contributed by atoms with E-state index in [9.17, 15) is 0 Å². The van der Waals surface area contributed by atoms with E-state index in [-0.39, 0.29) is 0 Å². The lowest BCUT2D eigenvalue weighted by Gasteiger charge is -2.06. The number of aromatic nitrogens is 2. The molecule has 19 heavy (non-hydrogen) atoms. The van der Waals surface area contributed by atoms with Gasteiger partial charge in [0.2, 0.25) is 0 Å². The van der Waals surface area contributed by atoms with Gasteiger partial charge in [0.15, 0.2) is 0 Å². The quantitative estimate of drug-likeness (QED) is 0.791.